The quantitative estimate of drug-likeness (QED) is 0.364. The molecule has 0 spiro atoms. The molecule has 1 saturated carbocycles. The number of nitrogens with one attached hydrogen (secondary N) is 1. The molecular formula is C26H41N3O5. The highest BCUT2D eigenvalue weighted by atomic mass is 16.6. The fraction of sp³-hybridized carbons (Fsp3) is 0.692. The molecule has 190 valence electrons. The Labute approximate surface area is 203 Å². The van der Waals surface area contributed by atoms with Crippen molar-refractivity contribution < 1.29 is 23.9 Å². The smallest absolute Gasteiger partial charge is 0.416 e. The number of carbonyl (C=O) groups is 3. The third-order valence-electron chi connectivity index (χ3n) is 5.35. The van der Waals surface area contributed by atoms with Crippen LogP contribution in [0.25, 0.3) is 0 Å². The summed E-state index contributed by atoms with van der Waals surface area (Å²) in [4.78, 5) is 43.3. The van der Waals surface area contributed by atoms with Gasteiger partial charge in [0.1, 0.15) is 17.0 Å². The van der Waals surface area contributed by atoms with Gasteiger partial charge in [-0.3, -0.25) is 9.69 Å². The van der Waals surface area contributed by atoms with Gasteiger partial charge in [0.15, 0.2) is 5.78 Å². The van der Waals surface area contributed by atoms with E-state index in [0.717, 1.165) is 25.7 Å². The molecule has 1 N–H and O–H groups in total. The molecule has 8 heteroatoms. The van der Waals surface area contributed by atoms with Crippen molar-refractivity contribution in [3.05, 3.63) is 23.9 Å². The van der Waals surface area contributed by atoms with Gasteiger partial charge in [-0.1, -0.05) is 19.3 Å². The van der Waals surface area contributed by atoms with Crippen LogP contribution in [-0.4, -0.2) is 46.7 Å². The first kappa shape index (κ1) is 27.6. The maximum absolute atomic E-state index is 13.0. The van der Waals surface area contributed by atoms with E-state index in [1.54, 1.807) is 17.0 Å². The molecule has 1 aromatic heterocycles. The molecule has 1 heterocycles. The largest absolute Gasteiger partial charge is 0.444 e. The first-order chi connectivity index (χ1) is 15.9. The molecule has 1 aliphatic carbocycles. The van der Waals surface area contributed by atoms with E-state index in [9.17, 15) is 14.4 Å². The van der Waals surface area contributed by atoms with Gasteiger partial charge < -0.3 is 14.8 Å². The number of nitrogens with zero attached hydrogens (tertiary/aromatic N) is 2. The fourth-order valence-corrected chi connectivity index (χ4v) is 3.83. The zero-order valence-electron chi connectivity index (χ0n) is 21.6. The normalized spacial score (nSPS) is 14.9. The Morgan fingerprint density at radius 1 is 0.971 bits per heavy atom. The number of anilines is 1. The number of hydrogen-bond acceptors (Lipinski definition) is 6. The van der Waals surface area contributed by atoms with E-state index in [0.29, 0.717) is 37.2 Å². The maximum atomic E-state index is 13.0. The number of ketones is 1. The molecule has 34 heavy (non-hydrogen) atoms. The predicted octanol–water partition coefficient (Wildman–Crippen LogP) is 6.03. The predicted molar refractivity (Wildman–Crippen MR) is 132 cm³/mol. The van der Waals surface area contributed by atoms with Crippen molar-refractivity contribution in [3.8, 4) is 0 Å². The van der Waals surface area contributed by atoms with Crippen molar-refractivity contribution in [1.82, 2.24) is 10.3 Å². The minimum atomic E-state index is -0.599. The number of pyridine rings is 1. The summed E-state index contributed by atoms with van der Waals surface area (Å²) in [6, 6.07) is 3.51. The van der Waals surface area contributed by atoms with Crippen LogP contribution in [-0.2, 0) is 9.47 Å². The average molecular weight is 476 g/mol. The van der Waals surface area contributed by atoms with E-state index >= 15 is 0 Å². The van der Waals surface area contributed by atoms with Crippen LogP contribution in [0.1, 0.15) is 103 Å². The number of alkyl carbamates (subject to hydrolysis) is 1. The molecule has 1 aromatic rings. The molecule has 8 nitrogen and oxygen atoms in total. The van der Waals surface area contributed by atoms with Crippen LogP contribution in [0.15, 0.2) is 18.3 Å². The summed E-state index contributed by atoms with van der Waals surface area (Å²) in [5.41, 5.74) is -0.621. The Hall–Kier alpha value is -2.64. The third-order valence-corrected chi connectivity index (χ3v) is 5.35. The number of ether oxygens (including phenoxy) is 2. The van der Waals surface area contributed by atoms with E-state index in [1.165, 1.54) is 12.6 Å². The first-order valence-electron chi connectivity index (χ1n) is 12.3. The Bertz CT molecular complexity index is 818. The van der Waals surface area contributed by atoms with Gasteiger partial charge in [0.2, 0.25) is 0 Å². The Morgan fingerprint density at radius 2 is 1.62 bits per heavy atom. The van der Waals surface area contributed by atoms with E-state index in [-0.39, 0.29) is 11.8 Å². The van der Waals surface area contributed by atoms with Gasteiger partial charge in [0.05, 0.1) is 0 Å². The number of Topliss-reactive ketones (excluding diaryl/α,β-unsaturated/α-hetero) is 1. The highest BCUT2D eigenvalue weighted by Gasteiger charge is 2.31. The second-order valence-corrected chi connectivity index (χ2v) is 10.9. The lowest BCUT2D eigenvalue weighted by atomic mass is 9.94. The monoisotopic (exact) mass is 475 g/mol. The lowest BCUT2D eigenvalue weighted by molar-refractivity contribution is 0.0523. The van der Waals surface area contributed by atoms with E-state index in [1.807, 2.05) is 41.5 Å². The molecule has 2 rings (SSSR count). The Morgan fingerprint density at radius 3 is 2.18 bits per heavy atom. The summed E-state index contributed by atoms with van der Waals surface area (Å²) in [5, 5.41) is 2.70. The second-order valence-electron chi connectivity index (χ2n) is 10.9. The van der Waals surface area contributed by atoms with Crippen LogP contribution in [0, 0.1) is 0 Å². The van der Waals surface area contributed by atoms with Gasteiger partial charge in [-0.25, -0.2) is 14.6 Å². The Balaban J connectivity index is 1.92. The molecule has 0 aromatic carbocycles. The van der Waals surface area contributed by atoms with Gasteiger partial charge in [0.25, 0.3) is 0 Å². The van der Waals surface area contributed by atoms with Gasteiger partial charge in [-0.15, -0.1) is 0 Å². The number of rotatable bonds is 8. The molecule has 1 aliphatic rings. The zero-order valence-corrected chi connectivity index (χ0v) is 21.6. The minimum Gasteiger partial charge on any atom is -0.444 e. The highest BCUT2D eigenvalue weighted by molar-refractivity contribution is 5.96. The standard InChI is InChI=1S/C26H41N3O5/c1-25(2,3)33-23(31)27-17-11-10-14-21(30)19-15-16-22(28-18-19)29(20-12-8-7-9-13-20)24(32)34-26(4,5)6/h15-16,18,20H,7-14,17H2,1-6H3,(H,27,31). The average Bonchev–Trinajstić information content (AvgIpc) is 2.72. The SMILES string of the molecule is CC(C)(C)OC(=O)NCCCCC(=O)c1ccc(N(C(=O)OC(C)(C)C)C2CCCCC2)nc1. The Kier molecular flexibility index (Phi) is 9.89. The van der Waals surface area contributed by atoms with E-state index in [2.05, 4.69) is 10.3 Å². The summed E-state index contributed by atoms with van der Waals surface area (Å²) in [6.45, 7) is 11.4. The number of aromatic nitrogens is 1. The number of hydrogen-bond donors (Lipinski definition) is 1. The maximum Gasteiger partial charge on any atom is 0.416 e. The van der Waals surface area contributed by atoms with Crippen LogP contribution in [0.4, 0.5) is 15.4 Å². The summed E-state index contributed by atoms with van der Waals surface area (Å²) < 4.78 is 10.8. The highest BCUT2D eigenvalue weighted by Crippen LogP contribution is 2.28. The van der Waals surface area contributed by atoms with Crippen molar-refractivity contribution in [3.63, 3.8) is 0 Å². The third kappa shape index (κ3) is 9.69. The van der Waals surface area contributed by atoms with Gasteiger partial charge in [-0.05, 0) is 79.4 Å². The minimum absolute atomic E-state index is 0.0159. The van der Waals surface area contributed by atoms with E-state index < -0.39 is 23.4 Å². The number of unbranched alkanes of at least 4 members (excludes halogenated alkanes) is 1. The van der Waals surface area contributed by atoms with Gasteiger partial charge in [0, 0.05) is 30.8 Å². The molecule has 0 radical (unpaired) electrons. The van der Waals surface area contributed by atoms with Gasteiger partial charge in [-0.2, -0.15) is 0 Å². The van der Waals surface area contributed by atoms with Crippen molar-refractivity contribution in [2.75, 3.05) is 11.4 Å². The van der Waals surface area contributed by atoms with E-state index in [4.69, 9.17) is 9.47 Å². The topological polar surface area (TPSA) is 97.8 Å². The molecule has 0 saturated heterocycles. The van der Waals surface area contributed by atoms with Crippen LogP contribution in [0.2, 0.25) is 0 Å². The molecule has 0 unspecified atom stereocenters. The molecular weight excluding hydrogens is 434 g/mol. The van der Waals surface area contributed by atoms with Crippen molar-refractivity contribution in [1.29, 1.82) is 0 Å². The molecule has 0 aliphatic heterocycles. The summed E-state index contributed by atoms with van der Waals surface area (Å²) in [5.74, 6) is 0.497. The van der Waals surface area contributed by atoms with Crippen LogP contribution >= 0.6 is 0 Å². The fourth-order valence-electron chi connectivity index (χ4n) is 3.83. The zero-order chi connectivity index (χ0) is 25.4. The molecule has 0 atom stereocenters. The second kappa shape index (κ2) is 12.2. The summed E-state index contributed by atoms with van der Waals surface area (Å²) in [7, 11) is 0. The summed E-state index contributed by atoms with van der Waals surface area (Å²) in [6.07, 6.45) is 7.51. The lowest BCUT2D eigenvalue weighted by Crippen LogP contribution is -2.45. The lowest BCUT2D eigenvalue weighted by Gasteiger charge is -2.34. The molecule has 0 bridgehead atoms. The molecule has 2 amide bonds. The van der Waals surface area contributed by atoms with Crippen molar-refractivity contribution >= 4 is 23.8 Å². The number of amides is 2. The van der Waals surface area contributed by atoms with Crippen LogP contribution in [0.3, 0.4) is 0 Å². The van der Waals surface area contributed by atoms with Crippen molar-refractivity contribution in [2.45, 2.75) is 110 Å². The number of carbonyl (C=O) groups excluding carboxylic acids is 3. The van der Waals surface area contributed by atoms with Crippen LogP contribution < -0.4 is 10.2 Å². The van der Waals surface area contributed by atoms with Crippen LogP contribution in [0.5, 0.6) is 0 Å². The summed E-state index contributed by atoms with van der Waals surface area (Å²) >= 11 is 0. The van der Waals surface area contributed by atoms with Crippen molar-refractivity contribution in [2.24, 2.45) is 0 Å². The first-order valence-corrected chi connectivity index (χ1v) is 12.3. The van der Waals surface area contributed by atoms with Gasteiger partial charge >= 0.3 is 12.2 Å². The molecule has 1 fully saturated rings.